The summed E-state index contributed by atoms with van der Waals surface area (Å²) in [5.74, 6) is 0.652. The Bertz CT molecular complexity index is 1730. The van der Waals surface area contributed by atoms with Crippen LogP contribution in [-0.4, -0.2) is 43.5 Å². The van der Waals surface area contributed by atoms with E-state index >= 15 is 0 Å². The van der Waals surface area contributed by atoms with E-state index in [4.69, 9.17) is 9.15 Å². The lowest BCUT2D eigenvalue weighted by atomic mass is 10.2. The first kappa shape index (κ1) is 27.3. The van der Waals surface area contributed by atoms with Crippen molar-refractivity contribution >= 4 is 48.8 Å². The minimum absolute atomic E-state index is 0.0968. The summed E-state index contributed by atoms with van der Waals surface area (Å²) in [6.45, 7) is 2.34. The summed E-state index contributed by atoms with van der Waals surface area (Å²) in [5.41, 5.74) is 1.82. The molecular weight excluding hydrogens is 548 g/mol. The van der Waals surface area contributed by atoms with E-state index in [0.717, 1.165) is 10.3 Å². The van der Waals surface area contributed by atoms with Crippen LogP contribution < -0.4 is 9.75 Å². The van der Waals surface area contributed by atoms with Crippen LogP contribution in [0, 0.1) is 0 Å². The van der Waals surface area contributed by atoms with E-state index < -0.39 is 15.9 Å². The fourth-order valence-corrected chi connectivity index (χ4v) is 6.36. The summed E-state index contributed by atoms with van der Waals surface area (Å²) in [4.78, 5) is 18.3. The van der Waals surface area contributed by atoms with E-state index in [9.17, 15) is 13.2 Å². The summed E-state index contributed by atoms with van der Waals surface area (Å²) < 4.78 is 39.6. The van der Waals surface area contributed by atoms with Gasteiger partial charge < -0.3 is 9.15 Å². The van der Waals surface area contributed by atoms with E-state index in [1.807, 2.05) is 42.5 Å². The molecule has 2 aromatic heterocycles. The molecule has 0 aliphatic rings. The Morgan fingerprint density at radius 2 is 1.82 bits per heavy atom. The first-order valence-corrected chi connectivity index (χ1v) is 14.7. The number of methoxy groups -OCH3 is 1. The van der Waals surface area contributed by atoms with E-state index in [1.54, 1.807) is 32.2 Å². The topological polar surface area (TPSA) is 105 Å². The average molecular weight is 575 g/mol. The highest BCUT2D eigenvalue weighted by Gasteiger charge is 2.25. The second kappa shape index (κ2) is 11.8. The SMILES string of the molecule is CCN(Cc1ccccc1)S(=O)(=O)c1ccc(C(=O)N(/N=C/c2ccco2)c2nc3ccc(OC)cc3s2)cc1. The predicted octanol–water partition coefficient (Wildman–Crippen LogP) is 5.79. The van der Waals surface area contributed by atoms with Gasteiger partial charge in [-0.2, -0.15) is 14.4 Å². The summed E-state index contributed by atoms with van der Waals surface area (Å²) >= 11 is 1.28. The Morgan fingerprint density at radius 1 is 1.05 bits per heavy atom. The molecule has 0 spiro atoms. The van der Waals surface area contributed by atoms with Crippen molar-refractivity contribution < 1.29 is 22.4 Å². The maximum Gasteiger partial charge on any atom is 0.280 e. The highest BCUT2D eigenvalue weighted by atomic mass is 32.2. The van der Waals surface area contributed by atoms with Gasteiger partial charge in [0.2, 0.25) is 15.2 Å². The monoisotopic (exact) mass is 574 g/mol. The quantitative estimate of drug-likeness (QED) is 0.154. The molecule has 5 rings (SSSR count). The maximum atomic E-state index is 13.7. The van der Waals surface area contributed by atoms with Gasteiger partial charge in [-0.25, -0.2) is 13.4 Å². The van der Waals surface area contributed by atoms with Gasteiger partial charge in [-0.15, -0.1) is 0 Å². The third kappa shape index (κ3) is 5.81. The Labute approximate surface area is 236 Å². The molecular formula is C29H26N4O5S2. The van der Waals surface area contributed by atoms with Crippen molar-refractivity contribution in [3.8, 4) is 5.75 Å². The summed E-state index contributed by atoms with van der Waals surface area (Å²) in [5, 5.41) is 5.88. The van der Waals surface area contributed by atoms with E-state index in [2.05, 4.69) is 10.1 Å². The zero-order chi connectivity index (χ0) is 28.1. The van der Waals surface area contributed by atoms with Crippen molar-refractivity contribution in [3.05, 3.63) is 108 Å². The second-order valence-electron chi connectivity index (χ2n) is 8.65. The van der Waals surface area contributed by atoms with Crippen LogP contribution in [0.5, 0.6) is 5.75 Å². The van der Waals surface area contributed by atoms with Gasteiger partial charge in [0.1, 0.15) is 11.5 Å². The average Bonchev–Trinajstić information content (AvgIpc) is 3.66. The first-order chi connectivity index (χ1) is 19.4. The molecule has 0 radical (unpaired) electrons. The van der Waals surface area contributed by atoms with Crippen LogP contribution in [-0.2, 0) is 16.6 Å². The molecule has 0 N–H and O–H groups in total. The molecule has 0 saturated heterocycles. The van der Waals surface area contributed by atoms with Gasteiger partial charge in [-0.3, -0.25) is 4.79 Å². The number of ether oxygens (including phenoxy) is 1. The van der Waals surface area contributed by atoms with Crippen molar-refractivity contribution in [1.82, 2.24) is 9.29 Å². The molecule has 1 amide bonds. The van der Waals surface area contributed by atoms with Crippen LogP contribution in [0.15, 0.2) is 106 Å². The van der Waals surface area contributed by atoms with Crippen molar-refractivity contribution in [2.75, 3.05) is 18.7 Å². The van der Waals surface area contributed by atoms with Crippen molar-refractivity contribution in [2.24, 2.45) is 5.10 Å². The molecule has 0 saturated carbocycles. The van der Waals surface area contributed by atoms with Gasteiger partial charge >= 0.3 is 0 Å². The molecule has 9 nitrogen and oxygen atoms in total. The van der Waals surface area contributed by atoms with Crippen molar-refractivity contribution in [3.63, 3.8) is 0 Å². The molecule has 5 aromatic rings. The Hall–Kier alpha value is -4.32. The van der Waals surface area contributed by atoms with Crippen LogP contribution in [0.1, 0.15) is 28.6 Å². The molecule has 0 bridgehead atoms. The number of hydrogen-bond donors (Lipinski definition) is 0. The van der Waals surface area contributed by atoms with E-state index in [0.29, 0.717) is 28.7 Å². The zero-order valence-electron chi connectivity index (χ0n) is 21.8. The minimum Gasteiger partial charge on any atom is -0.497 e. The summed E-state index contributed by atoms with van der Waals surface area (Å²) in [6.07, 6.45) is 2.93. The van der Waals surface area contributed by atoms with Gasteiger partial charge in [0.25, 0.3) is 5.91 Å². The minimum atomic E-state index is -3.78. The lowest BCUT2D eigenvalue weighted by molar-refractivity contribution is 0.0987. The molecule has 2 heterocycles. The van der Waals surface area contributed by atoms with Crippen LogP contribution in [0.4, 0.5) is 5.13 Å². The molecule has 0 aliphatic heterocycles. The number of furan rings is 1. The van der Waals surface area contributed by atoms with Crippen LogP contribution in [0.3, 0.4) is 0 Å². The third-order valence-corrected chi connectivity index (χ3v) is 9.02. The number of carbonyl (C=O) groups excluding carboxylic acids is 1. The number of anilines is 1. The molecule has 0 aliphatic carbocycles. The standard InChI is InChI=1S/C29H26N4O5S2/c1-3-32(20-21-8-5-4-6-9-21)40(35,36)25-14-11-22(12-15-25)28(34)33(30-19-24-10-7-17-38-24)29-31-26-16-13-23(37-2)18-27(26)39-29/h4-19H,3,20H2,1-2H3/b30-19+. The number of hydrazone groups is 1. The highest BCUT2D eigenvalue weighted by molar-refractivity contribution is 7.89. The van der Waals surface area contributed by atoms with Gasteiger partial charge in [-0.1, -0.05) is 48.6 Å². The molecule has 11 heteroatoms. The molecule has 0 fully saturated rings. The number of nitrogens with zero attached hydrogens (tertiary/aromatic N) is 4. The zero-order valence-corrected chi connectivity index (χ0v) is 23.4. The molecule has 204 valence electrons. The Morgan fingerprint density at radius 3 is 2.50 bits per heavy atom. The number of carbonyl (C=O) groups is 1. The lowest BCUT2D eigenvalue weighted by Crippen LogP contribution is -2.30. The largest absolute Gasteiger partial charge is 0.497 e. The smallest absolute Gasteiger partial charge is 0.280 e. The van der Waals surface area contributed by atoms with Crippen LogP contribution >= 0.6 is 11.3 Å². The fraction of sp³-hybridized carbons (Fsp3) is 0.138. The number of fused-ring (bicyclic) bond motifs is 1. The van der Waals surface area contributed by atoms with Crippen LogP contribution in [0.2, 0.25) is 0 Å². The Balaban J connectivity index is 1.44. The third-order valence-electron chi connectivity index (χ3n) is 6.10. The number of hydrogen-bond acceptors (Lipinski definition) is 8. The predicted molar refractivity (Wildman–Crippen MR) is 155 cm³/mol. The molecule has 3 aromatic carbocycles. The van der Waals surface area contributed by atoms with Crippen LogP contribution in [0.25, 0.3) is 10.2 Å². The number of sulfonamides is 1. The lowest BCUT2D eigenvalue weighted by Gasteiger charge is -2.21. The number of thiazole rings is 1. The number of rotatable bonds is 10. The number of benzene rings is 3. The number of amides is 1. The first-order valence-electron chi connectivity index (χ1n) is 12.4. The maximum absolute atomic E-state index is 13.7. The van der Waals surface area contributed by atoms with Gasteiger partial charge in [-0.05, 0) is 60.2 Å². The highest BCUT2D eigenvalue weighted by Crippen LogP contribution is 2.32. The summed E-state index contributed by atoms with van der Waals surface area (Å²) in [7, 11) is -2.20. The van der Waals surface area contributed by atoms with Gasteiger partial charge in [0, 0.05) is 18.7 Å². The molecule has 0 unspecified atom stereocenters. The van der Waals surface area contributed by atoms with Gasteiger partial charge in [0.15, 0.2) is 0 Å². The fourth-order valence-electron chi connectivity index (χ4n) is 3.97. The number of aromatic nitrogens is 1. The van der Waals surface area contributed by atoms with E-state index in [1.165, 1.54) is 57.4 Å². The molecule has 40 heavy (non-hydrogen) atoms. The van der Waals surface area contributed by atoms with Gasteiger partial charge in [0.05, 0.1) is 34.7 Å². The second-order valence-corrected chi connectivity index (χ2v) is 11.6. The Kier molecular flexibility index (Phi) is 8.06. The van der Waals surface area contributed by atoms with Crippen molar-refractivity contribution in [2.45, 2.75) is 18.4 Å². The van der Waals surface area contributed by atoms with Crippen molar-refractivity contribution in [1.29, 1.82) is 0 Å². The molecule has 0 atom stereocenters. The van der Waals surface area contributed by atoms with E-state index in [-0.39, 0.29) is 17.0 Å². The summed E-state index contributed by atoms with van der Waals surface area (Å²) in [6, 6.07) is 24.1. The normalized spacial score (nSPS) is 11.9.